The van der Waals surface area contributed by atoms with Crippen LogP contribution < -0.4 is 4.90 Å². The molecule has 0 saturated carbocycles. The number of nitrogens with zero attached hydrogens (tertiary/aromatic N) is 2. The number of hydrogen-bond acceptors (Lipinski definition) is 2. The van der Waals surface area contributed by atoms with Crippen molar-refractivity contribution >= 4 is 17.4 Å². The maximum absolute atomic E-state index is 12.7. The molecule has 0 saturated heterocycles. The van der Waals surface area contributed by atoms with Crippen molar-refractivity contribution in [3.8, 4) is 0 Å². The van der Waals surface area contributed by atoms with E-state index in [1.807, 2.05) is 0 Å². The van der Waals surface area contributed by atoms with E-state index in [4.69, 9.17) is 11.6 Å². The van der Waals surface area contributed by atoms with Crippen LogP contribution in [0.1, 0.15) is 5.56 Å². The highest BCUT2D eigenvalue weighted by atomic mass is 35.5. The first-order chi connectivity index (χ1) is 8.65. The topological polar surface area (TPSA) is 16.1 Å². The van der Waals surface area contributed by atoms with Gasteiger partial charge >= 0.3 is 12.4 Å². The molecule has 2 nitrogen and oxygen atoms in total. The molecule has 0 aliphatic heterocycles. The van der Waals surface area contributed by atoms with Gasteiger partial charge in [0.15, 0.2) is 0 Å². The Morgan fingerprint density at radius 2 is 1.79 bits per heavy atom. The van der Waals surface area contributed by atoms with Gasteiger partial charge in [-0.25, -0.2) is 4.98 Å². The number of halogens is 7. The van der Waals surface area contributed by atoms with Gasteiger partial charge in [-0.1, -0.05) is 0 Å². The molecule has 0 aliphatic carbocycles. The Bertz CT molecular complexity index is 417. The number of rotatable bonds is 4. The summed E-state index contributed by atoms with van der Waals surface area (Å²) in [6.45, 7) is -1.93. The third-order valence-electron chi connectivity index (χ3n) is 2.12. The summed E-state index contributed by atoms with van der Waals surface area (Å²) in [6.07, 6.45) is -8.42. The average molecular weight is 307 g/mol. The van der Waals surface area contributed by atoms with E-state index in [0.717, 1.165) is 12.3 Å². The van der Waals surface area contributed by atoms with Crippen LogP contribution in [0.2, 0.25) is 0 Å². The van der Waals surface area contributed by atoms with Gasteiger partial charge in [0.1, 0.15) is 12.4 Å². The fraction of sp³-hybridized carbons (Fsp3) is 0.500. The molecule has 0 aliphatic rings. The van der Waals surface area contributed by atoms with Gasteiger partial charge in [0.05, 0.1) is 5.56 Å². The number of aromatic nitrogens is 1. The molecule has 0 spiro atoms. The minimum atomic E-state index is -4.78. The van der Waals surface area contributed by atoms with Crippen LogP contribution >= 0.6 is 11.6 Å². The van der Waals surface area contributed by atoms with Crippen molar-refractivity contribution in [3.63, 3.8) is 0 Å². The summed E-state index contributed by atoms with van der Waals surface area (Å²) in [4.78, 5) is 3.86. The Balaban J connectivity index is 3.16. The van der Waals surface area contributed by atoms with Gasteiger partial charge in [0.25, 0.3) is 0 Å². The van der Waals surface area contributed by atoms with Crippen LogP contribution in [0.4, 0.5) is 32.2 Å². The second kappa shape index (κ2) is 5.85. The monoisotopic (exact) mass is 306 g/mol. The lowest BCUT2D eigenvalue weighted by Crippen LogP contribution is -2.37. The summed E-state index contributed by atoms with van der Waals surface area (Å²) in [6, 6.07) is 1.69. The number of alkyl halides is 7. The van der Waals surface area contributed by atoms with E-state index in [0.29, 0.717) is 11.0 Å². The number of anilines is 1. The zero-order chi connectivity index (χ0) is 14.7. The van der Waals surface area contributed by atoms with Crippen molar-refractivity contribution in [1.82, 2.24) is 4.98 Å². The molecule has 0 N–H and O–H groups in total. The smallest absolute Gasteiger partial charge is 0.346 e. The van der Waals surface area contributed by atoms with Crippen molar-refractivity contribution in [2.45, 2.75) is 12.4 Å². The molecule has 1 aromatic rings. The van der Waals surface area contributed by atoms with Crippen molar-refractivity contribution in [3.05, 3.63) is 23.9 Å². The molecule has 0 aromatic carbocycles. The second-order valence-corrected chi connectivity index (χ2v) is 3.98. The van der Waals surface area contributed by atoms with Gasteiger partial charge in [-0.3, -0.25) is 0 Å². The summed E-state index contributed by atoms with van der Waals surface area (Å²) in [5, 5.41) is 0. The standard InChI is InChI=1S/C10H9ClF6N2/c11-3-5-19(6-9(12,13)14)8-7(10(15,16)17)2-1-4-18-8/h1-2,4H,3,5-6H2. The fourth-order valence-corrected chi connectivity index (χ4v) is 1.65. The normalized spacial score (nSPS) is 12.6. The maximum atomic E-state index is 12.7. The van der Waals surface area contributed by atoms with Crippen molar-refractivity contribution in [1.29, 1.82) is 0 Å². The van der Waals surface area contributed by atoms with Gasteiger partial charge in [-0.05, 0) is 12.1 Å². The van der Waals surface area contributed by atoms with E-state index in [9.17, 15) is 26.3 Å². The Kier molecular flexibility index (Phi) is 4.89. The first kappa shape index (κ1) is 15.9. The highest BCUT2D eigenvalue weighted by Gasteiger charge is 2.38. The Morgan fingerprint density at radius 3 is 2.26 bits per heavy atom. The summed E-state index contributed by atoms with van der Waals surface area (Å²) in [7, 11) is 0. The van der Waals surface area contributed by atoms with Crippen LogP contribution in [0.5, 0.6) is 0 Å². The van der Waals surface area contributed by atoms with E-state index in [2.05, 4.69) is 4.98 Å². The van der Waals surface area contributed by atoms with Gasteiger partial charge in [-0.2, -0.15) is 26.3 Å². The second-order valence-electron chi connectivity index (χ2n) is 3.60. The molecule has 108 valence electrons. The van der Waals surface area contributed by atoms with Crippen molar-refractivity contribution in [2.75, 3.05) is 23.9 Å². The van der Waals surface area contributed by atoms with Gasteiger partial charge in [-0.15, -0.1) is 11.6 Å². The minimum absolute atomic E-state index is 0.246. The molecule has 0 fully saturated rings. The molecule has 0 radical (unpaired) electrons. The number of hydrogen-bond donors (Lipinski definition) is 0. The lowest BCUT2D eigenvalue weighted by Gasteiger charge is -2.26. The summed E-state index contributed by atoms with van der Waals surface area (Å²) >= 11 is 5.32. The summed E-state index contributed by atoms with van der Waals surface area (Å²) in [5.74, 6) is -1.02. The minimum Gasteiger partial charge on any atom is -0.346 e. The van der Waals surface area contributed by atoms with Crippen LogP contribution in [0.25, 0.3) is 0 Å². The first-order valence-electron chi connectivity index (χ1n) is 5.05. The predicted octanol–water partition coefficient (Wildman–Crippen LogP) is 3.71. The zero-order valence-corrected chi connectivity index (χ0v) is 10.1. The molecule has 0 atom stereocenters. The Labute approximate surface area is 110 Å². The van der Waals surface area contributed by atoms with Crippen LogP contribution in [0.15, 0.2) is 18.3 Å². The Morgan fingerprint density at radius 1 is 1.16 bits per heavy atom. The van der Waals surface area contributed by atoms with Gasteiger partial charge in [0.2, 0.25) is 0 Å². The molecular weight excluding hydrogens is 298 g/mol. The molecule has 1 heterocycles. The lowest BCUT2D eigenvalue weighted by molar-refractivity contribution is -0.138. The average Bonchev–Trinajstić information content (AvgIpc) is 2.25. The highest BCUT2D eigenvalue weighted by Crippen LogP contribution is 2.35. The molecule has 0 unspecified atom stereocenters. The fourth-order valence-electron chi connectivity index (χ4n) is 1.45. The van der Waals surface area contributed by atoms with E-state index in [1.165, 1.54) is 0 Å². The van der Waals surface area contributed by atoms with Gasteiger partial charge < -0.3 is 4.90 Å². The largest absolute Gasteiger partial charge is 0.419 e. The number of pyridine rings is 1. The van der Waals surface area contributed by atoms with Crippen LogP contribution in [-0.2, 0) is 6.18 Å². The zero-order valence-electron chi connectivity index (χ0n) is 9.39. The maximum Gasteiger partial charge on any atom is 0.419 e. The molecule has 1 aromatic heterocycles. The lowest BCUT2D eigenvalue weighted by atomic mass is 10.2. The third kappa shape index (κ3) is 4.77. The van der Waals surface area contributed by atoms with E-state index >= 15 is 0 Å². The first-order valence-corrected chi connectivity index (χ1v) is 5.58. The van der Waals surface area contributed by atoms with Crippen molar-refractivity contribution < 1.29 is 26.3 Å². The molecule has 1 rings (SSSR count). The molecule has 0 amide bonds. The van der Waals surface area contributed by atoms with E-state index < -0.39 is 30.3 Å². The Hall–Kier alpha value is -1.18. The molecule has 19 heavy (non-hydrogen) atoms. The van der Waals surface area contributed by atoms with Crippen LogP contribution in [0, 0.1) is 0 Å². The van der Waals surface area contributed by atoms with Crippen molar-refractivity contribution in [2.24, 2.45) is 0 Å². The summed E-state index contributed by atoms with van der Waals surface area (Å²) in [5.41, 5.74) is -1.22. The third-order valence-corrected chi connectivity index (χ3v) is 2.29. The van der Waals surface area contributed by atoms with Crippen LogP contribution in [0.3, 0.4) is 0 Å². The molecular formula is C10H9ClF6N2. The predicted molar refractivity (Wildman–Crippen MR) is 58.2 cm³/mol. The molecule has 0 bridgehead atoms. The van der Waals surface area contributed by atoms with E-state index in [-0.39, 0.29) is 12.4 Å². The SMILES string of the molecule is FC(F)(F)CN(CCCl)c1ncccc1C(F)(F)F. The highest BCUT2D eigenvalue weighted by molar-refractivity contribution is 6.18. The molecule has 9 heteroatoms. The van der Waals surface area contributed by atoms with Gasteiger partial charge in [0, 0.05) is 18.6 Å². The van der Waals surface area contributed by atoms with E-state index in [1.54, 1.807) is 0 Å². The quantitative estimate of drug-likeness (QED) is 0.623. The summed E-state index contributed by atoms with van der Waals surface area (Å²) < 4.78 is 75.2. The van der Waals surface area contributed by atoms with Crippen LogP contribution in [-0.4, -0.2) is 30.1 Å².